The van der Waals surface area contributed by atoms with Gasteiger partial charge in [-0.05, 0) is 24.5 Å². The van der Waals surface area contributed by atoms with Gasteiger partial charge in [0, 0.05) is 19.5 Å². The molecule has 6 heteroatoms. The summed E-state index contributed by atoms with van der Waals surface area (Å²) in [4.78, 5) is 34.7. The van der Waals surface area contributed by atoms with E-state index in [2.05, 4.69) is 0 Å². The van der Waals surface area contributed by atoms with Crippen LogP contribution >= 0.6 is 0 Å². The van der Waals surface area contributed by atoms with E-state index in [1.165, 1.54) is 6.08 Å². The average molecular weight is 239 g/mol. The van der Waals surface area contributed by atoms with Crippen LogP contribution in [0.15, 0.2) is 11.6 Å². The van der Waals surface area contributed by atoms with Gasteiger partial charge in [0.25, 0.3) is 0 Å². The molecule has 0 radical (unpaired) electrons. The molecule has 1 saturated heterocycles. The third-order valence-corrected chi connectivity index (χ3v) is 3.54. The van der Waals surface area contributed by atoms with Crippen molar-refractivity contribution in [3.05, 3.63) is 11.6 Å². The Morgan fingerprint density at radius 2 is 2.00 bits per heavy atom. The maximum absolute atomic E-state index is 11.4. The summed E-state index contributed by atoms with van der Waals surface area (Å²) in [6, 6.07) is 0. The summed E-state index contributed by atoms with van der Waals surface area (Å²) in [6.45, 7) is 0.195. The molecule has 2 rings (SSSR count). The zero-order chi connectivity index (χ0) is 12.6. The SMILES string of the molecule is O=C1C=C2CCN(C(=O)O)CC2(C(=O)O)CC1. The molecule has 1 heterocycles. The van der Waals surface area contributed by atoms with Crippen LogP contribution in [0.25, 0.3) is 0 Å². The zero-order valence-electron chi connectivity index (χ0n) is 9.18. The van der Waals surface area contributed by atoms with Crippen LogP contribution in [-0.2, 0) is 9.59 Å². The van der Waals surface area contributed by atoms with E-state index in [0.717, 1.165) is 4.90 Å². The molecule has 2 N–H and O–H groups in total. The predicted octanol–water partition coefficient (Wildman–Crippen LogP) is 0.730. The Morgan fingerprint density at radius 1 is 1.29 bits per heavy atom. The molecular formula is C11H13NO5. The number of hydrogen-bond donors (Lipinski definition) is 2. The van der Waals surface area contributed by atoms with E-state index in [0.29, 0.717) is 12.0 Å². The lowest BCUT2D eigenvalue weighted by molar-refractivity contribution is -0.149. The van der Waals surface area contributed by atoms with Crippen molar-refractivity contribution in [1.29, 1.82) is 0 Å². The van der Waals surface area contributed by atoms with Crippen molar-refractivity contribution < 1.29 is 24.6 Å². The predicted molar refractivity (Wildman–Crippen MR) is 56.6 cm³/mol. The van der Waals surface area contributed by atoms with Gasteiger partial charge in [-0.1, -0.05) is 0 Å². The first-order valence-corrected chi connectivity index (χ1v) is 5.41. The van der Waals surface area contributed by atoms with E-state index in [9.17, 15) is 19.5 Å². The summed E-state index contributed by atoms with van der Waals surface area (Å²) >= 11 is 0. The van der Waals surface area contributed by atoms with Crippen molar-refractivity contribution in [2.24, 2.45) is 5.41 Å². The number of rotatable bonds is 1. The van der Waals surface area contributed by atoms with Gasteiger partial charge in [-0.3, -0.25) is 9.59 Å². The van der Waals surface area contributed by atoms with E-state index >= 15 is 0 Å². The maximum Gasteiger partial charge on any atom is 0.407 e. The van der Waals surface area contributed by atoms with Crippen LogP contribution in [0.4, 0.5) is 4.79 Å². The minimum absolute atomic E-state index is 0.0587. The third kappa shape index (κ3) is 1.79. The molecule has 0 aromatic rings. The molecule has 1 aliphatic carbocycles. The van der Waals surface area contributed by atoms with Crippen LogP contribution in [0.1, 0.15) is 19.3 Å². The van der Waals surface area contributed by atoms with Crippen LogP contribution in [0.5, 0.6) is 0 Å². The van der Waals surface area contributed by atoms with Crippen molar-refractivity contribution in [3.8, 4) is 0 Å². The molecule has 92 valence electrons. The second kappa shape index (κ2) is 3.87. The number of carbonyl (C=O) groups excluding carboxylic acids is 1. The molecule has 0 spiro atoms. The molecule has 0 bridgehead atoms. The van der Waals surface area contributed by atoms with Gasteiger partial charge < -0.3 is 15.1 Å². The minimum atomic E-state index is -1.19. The van der Waals surface area contributed by atoms with Gasteiger partial charge in [0.15, 0.2) is 5.78 Å². The number of aliphatic carboxylic acids is 1. The summed E-state index contributed by atoms with van der Waals surface area (Å²) in [5.41, 5.74) is -0.622. The first-order valence-electron chi connectivity index (χ1n) is 5.41. The summed E-state index contributed by atoms with van der Waals surface area (Å²) in [7, 11) is 0. The largest absolute Gasteiger partial charge is 0.481 e. The number of hydrogen-bond acceptors (Lipinski definition) is 3. The molecule has 1 amide bonds. The lowest BCUT2D eigenvalue weighted by Crippen LogP contribution is -2.52. The highest BCUT2D eigenvalue weighted by atomic mass is 16.4. The zero-order valence-corrected chi connectivity index (χ0v) is 9.18. The maximum atomic E-state index is 11.4. The van der Waals surface area contributed by atoms with Crippen LogP contribution < -0.4 is 0 Å². The van der Waals surface area contributed by atoms with E-state index in [-0.39, 0.29) is 31.7 Å². The molecule has 1 atom stereocenters. The lowest BCUT2D eigenvalue weighted by Gasteiger charge is -2.42. The standard InChI is InChI=1S/C11H13NO5/c13-8-1-3-11(9(14)15)6-12(10(16)17)4-2-7(11)5-8/h5H,1-4,6H2,(H,14,15)(H,16,17). The average Bonchev–Trinajstić information content (AvgIpc) is 2.27. The van der Waals surface area contributed by atoms with Crippen molar-refractivity contribution in [3.63, 3.8) is 0 Å². The quantitative estimate of drug-likeness (QED) is 0.703. The van der Waals surface area contributed by atoms with E-state index in [4.69, 9.17) is 5.11 Å². The van der Waals surface area contributed by atoms with E-state index in [1.807, 2.05) is 0 Å². The molecule has 0 saturated carbocycles. The van der Waals surface area contributed by atoms with Gasteiger partial charge in [0.05, 0.1) is 0 Å². The van der Waals surface area contributed by atoms with Gasteiger partial charge in [-0.15, -0.1) is 0 Å². The lowest BCUT2D eigenvalue weighted by atomic mass is 9.68. The third-order valence-electron chi connectivity index (χ3n) is 3.54. The highest BCUT2D eigenvalue weighted by Gasteiger charge is 2.49. The molecule has 0 aromatic heterocycles. The van der Waals surface area contributed by atoms with Crippen molar-refractivity contribution in [2.45, 2.75) is 19.3 Å². The fraction of sp³-hybridized carbons (Fsp3) is 0.545. The van der Waals surface area contributed by atoms with Gasteiger partial charge >= 0.3 is 12.1 Å². The summed E-state index contributed by atoms with van der Waals surface area (Å²) in [5.74, 6) is -1.11. The number of ketones is 1. The number of allylic oxidation sites excluding steroid dienone is 1. The molecule has 6 nitrogen and oxygen atoms in total. The second-order valence-corrected chi connectivity index (χ2v) is 4.48. The summed E-state index contributed by atoms with van der Waals surface area (Å²) < 4.78 is 0. The molecular weight excluding hydrogens is 226 g/mol. The Kier molecular flexibility index (Phi) is 2.65. The number of carbonyl (C=O) groups is 3. The van der Waals surface area contributed by atoms with Gasteiger partial charge in [-0.25, -0.2) is 4.79 Å². The first kappa shape index (κ1) is 11.6. The Hall–Kier alpha value is -1.85. The van der Waals surface area contributed by atoms with Crippen LogP contribution in [-0.4, -0.2) is 46.0 Å². The van der Waals surface area contributed by atoms with Crippen LogP contribution in [0.2, 0.25) is 0 Å². The normalized spacial score (nSPS) is 28.4. The first-order chi connectivity index (χ1) is 7.95. The molecule has 17 heavy (non-hydrogen) atoms. The van der Waals surface area contributed by atoms with E-state index < -0.39 is 17.5 Å². The van der Waals surface area contributed by atoms with Gasteiger partial charge in [0.1, 0.15) is 5.41 Å². The fourth-order valence-corrected chi connectivity index (χ4v) is 2.53. The van der Waals surface area contributed by atoms with Crippen molar-refractivity contribution in [1.82, 2.24) is 4.90 Å². The van der Waals surface area contributed by atoms with Gasteiger partial charge in [0.2, 0.25) is 0 Å². The van der Waals surface area contributed by atoms with E-state index in [1.54, 1.807) is 0 Å². The topological polar surface area (TPSA) is 94.9 Å². The molecule has 0 aromatic carbocycles. The summed E-state index contributed by atoms with van der Waals surface area (Å²) in [6.07, 6.45) is 0.961. The molecule has 2 aliphatic rings. The number of nitrogens with zero attached hydrogens (tertiary/aromatic N) is 1. The van der Waals surface area contributed by atoms with Crippen LogP contribution in [0.3, 0.4) is 0 Å². The molecule has 1 unspecified atom stereocenters. The number of carboxylic acids is 1. The number of fused-ring (bicyclic) bond motifs is 1. The number of piperidine rings is 1. The summed E-state index contributed by atoms with van der Waals surface area (Å²) in [5, 5.41) is 18.3. The van der Waals surface area contributed by atoms with Crippen molar-refractivity contribution >= 4 is 17.8 Å². The van der Waals surface area contributed by atoms with Crippen molar-refractivity contribution in [2.75, 3.05) is 13.1 Å². The Labute approximate surface area is 97.5 Å². The number of amides is 1. The monoisotopic (exact) mass is 239 g/mol. The Bertz CT molecular complexity index is 428. The highest BCUT2D eigenvalue weighted by molar-refractivity contribution is 5.95. The molecule has 1 fully saturated rings. The minimum Gasteiger partial charge on any atom is -0.481 e. The second-order valence-electron chi connectivity index (χ2n) is 4.48. The highest BCUT2D eigenvalue weighted by Crippen LogP contribution is 2.42. The Balaban J connectivity index is 2.37. The Morgan fingerprint density at radius 3 is 2.59 bits per heavy atom. The molecule has 1 aliphatic heterocycles. The van der Waals surface area contributed by atoms with Gasteiger partial charge in [-0.2, -0.15) is 0 Å². The van der Waals surface area contributed by atoms with Crippen LogP contribution in [0, 0.1) is 5.41 Å². The smallest absolute Gasteiger partial charge is 0.407 e. The number of likely N-dealkylation sites (tertiary alicyclic amines) is 1. The number of carboxylic acid groups (broad SMARTS) is 2. The fourth-order valence-electron chi connectivity index (χ4n) is 2.53.